The fourth-order valence-corrected chi connectivity index (χ4v) is 2.42. The van der Waals surface area contributed by atoms with Crippen LogP contribution in [0.15, 0.2) is 36.5 Å². The summed E-state index contributed by atoms with van der Waals surface area (Å²) in [5, 5.41) is 27.2. The predicted octanol–water partition coefficient (Wildman–Crippen LogP) is 3.04. The van der Waals surface area contributed by atoms with Crippen molar-refractivity contribution in [2.24, 2.45) is 0 Å². The molecule has 0 aliphatic heterocycles. The van der Waals surface area contributed by atoms with E-state index < -0.39 is 17.8 Å². The van der Waals surface area contributed by atoms with Gasteiger partial charge < -0.3 is 26.2 Å². The number of anilines is 3. The number of para-hydroxylation sites is 2. The predicted molar refractivity (Wildman–Crippen MR) is 99.3 cm³/mol. The molecule has 1 unspecified atom stereocenters. The molecule has 27 heavy (non-hydrogen) atoms. The van der Waals surface area contributed by atoms with Crippen molar-refractivity contribution in [2.75, 3.05) is 42.2 Å². The molecule has 2 rings (SSSR count). The minimum atomic E-state index is -4.49. The van der Waals surface area contributed by atoms with Gasteiger partial charge in [0, 0.05) is 25.8 Å². The van der Waals surface area contributed by atoms with Gasteiger partial charge in [0.2, 0.25) is 0 Å². The first-order valence-electron chi connectivity index (χ1n) is 8.13. The number of hydrogen-bond donors (Lipinski definition) is 5. The average Bonchev–Trinajstić information content (AvgIpc) is 2.64. The van der Waals surface area contributed by atoms with Crippen molar-refractivity contribution in [1.82, 2.24) is 4.98 Å². The zero-order valence-corrected chi connectivity index (χ0v) is 15.0. The summed E-state index contributed by atoms with van der Waals surface area (Å²) in [7, 11) is 0. The molecule has 1 aromatic carbocycles. The number of benzene rings is 1. The van der Waals surface area contributed by atoms with Crippen LogP contribution in [0.1, 0.15) is 5.56 Å². The number of nitrogens with one attached hydrogen (secondary N) is 3. The second kappa shape index (κ2) is 9.63. The monoisotopic (exact) mass is 404 g/mol. The Bertz CT molecular complexity index is 746. The van der Waals surface area contributed by atoms with E-state index >= 15 is 0 Å². The summed E-state index contributed by atoms with van der Waals surface area (Å²) in [6.45, 7) is 0.665. The van der Waals surface area contributed by atoms with Crippen molar-refractivity contribution < 1.29 is 23.4 Å². The van der Waals surface area contributed by atoms with E-state index in [1.54, 1.807) is 0 Å². The SMILES string of the molecule is OCC(O)CNc1ccccc1NCCNc1ncc(C(F)(F)F)cc1Cl. The molecule has 0 saturated carbocycles. The van der Waals surface area contributed by atoms with Gasteiger partial charge in [-0.3, -0.25) is 0 Å². The number of nitrogens with zero attached hydrogens (tertiary/aromatic N) is 1. The van der Waals surface area contributed by atoms with E-state index in [0.717, 1.165) is 23.6 Å². The molecule has 6 nitrogen and oxygen atoms in total. The van der Waals surface area contributed by atoms with Crippen LogP contribution in [0.4, 0.5) is 30.4 Å². The van der Waals surface area contributed by atoms with Gasteiger partial charge in [0.1, 0.15) is 5.82 Å². The van der Waals surface area contributed by atoms with Gasteiger partial charge in [0.05, 0.1) is 34.7 Å². The van der Waals surface area contributed by atoms with Crippen LogP contribution in [-0.4, -0.2) is 47.5 Å². The summed E-state index contributed by atoms with van der Waals surface area (Å²) in [4.78, 5) is 3.71. The largest absolute Gasteiger partial charge is 0.417 e. The Hall–Kier alpha value is -2.23. The average molecular weight is 405 g/mol. The molecule has 0 amide bonds. The van der Waals surface area contributed by atoms with E-state index in [0.29, 0.717) is 13.1 Å². The van der Waals surface area contributed by atoms with Gasteiger partial charge >= 0.3 is 6.18 Å². The molecule has 148 valence electrons. The topological polar surface area (TPSA) is 89.4 Å². The number of aromatic nitrogens is 1. The third-order valence-corrected chi connectivity index (χ3v) is 3.86. The van der Waals surface area contributed by atoms with Crippen molar-refractivity contribution in [1.29, 1.82) is 0 Å². The minimum Gasteiger partial charge on any atom is -0.394 e. The Kier molecular flexibility index (Phi) is 7.52. The highest BCUT2D eigenvalue weighted by atomic mass is 35.5. The molecule has 0 spiro atoms. The van der Waals surface area contributed by atoms with Crippen molar-refractivity contribution in [2.45, 2.75) is 12.3 Å². The van der Waals surface area contributed by atoms with E-state index in [-0.39, 0.29) is 24.0 Å². The van der Waals surface area contributed by atoms with E-state index in [9.17, 15) is 18.3 Å². The van der Waals surface area contributed by atoms with Crippen LogP contribution in [0.3, 0.4) is 0 Å². The molecular weight excluding hydrogens is 385 g/mol. The quantitative estimate of drug-likeness (QED) is 0.413. The molecule has 2 aromatic rings. The fraction of sp³-hybridized carbons (Fsp3) is 0.353. The maximum absolute atomic E-state index is 12.6. The van der Waals surface area contributed by atoms with Crippen LogP contribution in [0.2, 0.25) is 5.02 Å². The second-order valence-corrected chi connectivity index (χ2v) is 6.08. The molecule has 0 fully saturated rings. The van der Waals surface area contributed by atoms with Gasteiger partial charge in [-0.2, -0.15) is 13.2 Å². The summed E-state index contributed by atoms with van der Waals surface area (Å²) in [5.41, 5.74) is 0.618. The molecule has 0 aliphatic carbocycles. The number of alkyl halides is 3. The molecule has 1 atom stereocenters. The Balaban J connectivity index is 1.87. The van der Waals surface area contributed by atoms with Gasteiger partial charge in [-0.05, 0) is 18.2 Å². The third-order valence-electron chi connectivity index (χ3n) is 3.57. The van der Waals surface area contributed by atoms with E-state index in [4.69, 9.17) is 16.7 Å². The van der Waals surface area contributed by atoms with Gasteiger partial charge in [0.15, 0.2) is 0 Å². The number of aliphatic hydroxyl groups is 2. The first-order chi connectivity index (χ1) is 12.8. The molecule has 0 saturated heterocycles. The summed E-state index contributed by atoms with van der Waals surface area (Å²) < 4.78 is 37.8. The maximum atomic E-state index is 12.6. The van der Waals surface area contributed by atoms with E-state index in [1.165, 1.54) is 0 Å². The number of rotatable bonds is 9. The standard InChI is InChI=1S/C17H20ClF3N4O2/c18-13-7-11(17(19,20)21)8-25-16(13)23-6-5-22-14-3-1-2-4-15(14)24-9-12(27)10-26/h1-4,7-8,12,22,24,26-27H,5-6,9-10H2,(H,23,25). The normalized spacial score (nSPS) is 12.5. The molecular formula is C17H20ClF3N4O2. The Labute approximate surface area is 159 Å². The van der Waals surface area contributed by atoms with Crippen molar-refractivity contribution >= 4 is 28.8 Å². The molecule has 0 radical (unpaired) electrons. The zero-order chi connectivity index (χ0) is 19.9. The van der Waals surface area contributed by atoms with Crippen molar-refractivity contribution in [3.05, 3.63) is 47.1 Å². The van der Waals surface area contributed by atoms with Gasteiger partial charge in [0.25, 0.3) is 0 Å². The molecule has 10 heteroatoms. The molecule has 1 heterocycles. The van der Waals surface area contributed by atoms with Crippen molar-refractivity contribution in [3.63, 3.8) is 0 Å². The third kappa shape index (κ3) is 6.46. The van der Waals surface area contributed by atoms with Gasteiger partial charge in [-0.15, -0.1) is 0 Å². The summed E-state index contributed by atoms with van der Waals surface area (Å²) in [6.07, 6.45) is -4.63. The highest BCUT2D eigenvalue weighted by Gasteiger charge is 2.31. The molecule has 0 aliphatic rings. The van der Waals surface area contributed by atoms with Crippen LogP contribution in [-0.2, 0) is 6.18 Å². The lowest BCUT2D eigenvalue weighted by Crippen LogP contribution is -2.23. The van der Waals surface area contributed by atoms with Crippen LogP contribution < -0.4 is 16.0 Å². The lowest BCUT2D eigenvalue weighted by atomic mass is 10.2. The summed E-state index contributed by atoms with van der Waals surface area (Å²) >= 11 is 5.84. The van der Waals surface area contributed by atoms with E-state index in [1.807, 2.05) is 24.3 Å². The number of halogens is 4. The fourth-order valence-electron chi connectivity index (χ4n) is 2.18. The van der Waals surface area contributed by atoms with Crippen LogP contribution >= 0.6 is 11.6 Å². The Morgan fingerprint density at radius 3 is 2.30 bits per heavy atom. The number of hydrogen-bond acceptors (Lipinski definition) is 6. The van der Waals surface area contributed by atoms with Crippen LogP contribution in [0, 0.1) is 0 Å². The van der Waals surface area contributed by atoms with Crippen LogP contribution in [0.25, 0.3) is 0 Å². The molecule has 0 bridgehead atoms. The zero-order valence-electron chi connectivity index (χ0n) is 14.2. The minimum absolute atomic E-state index is 0.107. The highest BCUT2D eigenvalue weighted by Crippen LogP contribution is 2.32. The van der Waals surface area contributed by atoms with Crippen molar-refractivity contribution in [3.8, 4) is 0 Å². The lowest BCUT2D eigenvalue weighted by molar-refractivity contribution is -0.137. The van der Waals surface area contributed by atoms with Gasteiger partial charge in [-0.25, -0.2) is 4.98 Å². The molecule has 1 aromatic heterocycles. The Morgan fingerprint density at radius 1 is 1.07 bits per heavy atom. The first-order valence-corrected chi connectivity index (χ1v) is 8.51. The summed E-state index contributed by atoms with van der Waals surface area (Å²) in [5.74, 6) is 0.170. The Morgan fingerprint density at radius 2 is 1.70 bits per heavy atom. The van der Waals surface area contributed by atoms with E-state index in [2.05, 4.69) is 20.9 Å². The number of pyridine rings is 1. The van der Waals surface area contributed by atoms with Gasteiger partial charge in [-0.1, -0.05) is 23.7 Å². The summed E-state index contributed by atoms with van der Waals surface area (Å²) in [6, 6.07) is 8.13. The highest BCUT2D eigenvalue weighted by molar-refractivity contribution is 6.32. The first kappa shape index (κ1) is 21.1. The van der Waals surface area contributed by atoms with Crippen LogP contribution in [0.5, 0.6) is 0 Å². The number of aliphatic hydroxyl groups excluding tert-OH is 2. The smallest absolute Gasteiger partial charge is 0.394 e. The maximum Gasteiger partial charge on any atom is 0.417 e. The second-order valence-electron chi connectivity index (χ2n) is 5.67. The molecule has 5 N–H and O–H groups in total. The lowest BCUT2D eigenvalue weighted by Gasteiger charge is -2.16.